The summed E-state index contributed by atoms with van der Waals surface area (Å²) in [4.78, 5) is 39.1. The summed E-state index contributed by atoms with van der Waals surface area (Å²) in [7, 11) is 3.28. The zero-order valence-electron chi connectivity index (χ0n) is 16.2. The van der Waals surface area contributed by atoms with Gasteiger partial charge in [0.05, 0.1) is 17.0 Å². The summed E-state index contributed by atoms with van der Waals surface area (Å²) in [6.45, 7) is 5.60. The van der Waals surface area contributed by atoms with Crippen LogP contribution in [-0.2, 0) is 16.1 Å². The molecular weight excluding hydrogens is 366 g/mol. The van der Waals surface area contributed by atoms with Crippen molar-refractivity contribution < 1.29 is 23.7 Å². The molecular formula is C19H24N3O4S+. The Hall–Kier alpha value is -2.74. The van der Waals surface area contributed by atoms with Crippen LogP contribution in [0.1, 0.15) is 38.2 Å². The van der Waals surface area contributed by atoms with E-state index < -0.39 is 5.97 Å². The van der Waals surface area contributed by atoms with Gasteiger partial charge in [-0.1, -0.05) is 6.07 Å². The molecule has 0 atom stereocenters. The number of pyridine rings is 1. The molecule has 0 unspecified atom stereocenters. The number of rotatable bonds is 6. The molecule has 0 radical (unpaired) electrons. The number of hydrogen-bond acceptors (Lipinski definition) is 5. The van der Waals surface area contributed by atoms with Gasteiger partial charge in [-0.3, -0.25) is 9.59 Å². The van der Waals surface area contributed by atoms with E-state index in [2.05, 4.69) is 5.32 Å². The number of aromatic nitrogens is 1. The van der Waals surface area contributed by atoms with Crippen molar-refractivity contribution in [3.05, 3.63) is 46.1 Å². The number of carbonyl (C=O) groups excluding carboxylic acids is 3. The Morgan fingerprint density at radius 1 is 1.22 bits per heavy atom. The number of carbonyl (C=O) groups is 3. The summed E-state index contributed by atoms with van der Waals surface area (Å²) in [6.07, 6.45) is 1.81. The highest BCUT2D eigenvalue weighted by molar-refractivity contribution is 7.18. The van der Waals surface area contributed by atoms with Crippen molar-refractivity contribution in [2.24, 2.45) is 0 Å². The van der Waals surface area contributed by atoms with Crippen LogP contribution in [0.3, 0.4) is 0 Å². The summed E-state index contributed by atoms with van der Waals surface area (Å²) < 4.78 is 6.91. The van der Waals surface area contributed by atoms with Crippen molar-refractivity contribution in [1.29, 1.82) is 0 Å². The van der Waals surface area contributed by atoms with Crippen LogP contribution in [0.2, 0.25) is 0 Å². The number of anilines is 1. The lowest BCUT2D eigenvalue weighted by Crippen LogP contribution is -2.42. The minimum atomic E-state index is -0.553. The molecule has 0 saturated heterocycles. The van der Waals surface area contributed by atoms with Gasteiger partial charge in [-0.15, -0.1) is 11.3 Å². The topological polar surface area (TPSA) is 79.6 Å². The van der Waals surface area contributed by atoms with Crippen LogP contribution in [-0.4, -0.2) is 43.4 Å². The Bertz CT molecular complexity index is 874. The second kappa shape index (κ2) is 8.77. The molecule has 7 nitrogen and oxygen atoms in total. The van der Waals surface area contributed by atoms with Gasteiger partial charge in [-0.2, -0.15) is 4.57 Å². The fourth-order valence-electron chi connectivity index (χ4n) is 2.52. The minimum Gasteiger partial charge on any atom is -0.462 e. The molecule has 0 aromatic carbocycles. The first-order chi connectivity index (χ1) is 12.8. The standard InChI is InChI=1S/C19H23N3O4S/c1-6-26-19(25)15-13(3)16(18(24)21(4)5)27-17(15)20-14(23)11-22-10-8-7-9-12(22)2/h7-10H,6,11H2,1-5H3/p+1. The van der Waals surface area contributed by atoms with Crippen LogP contribution < -0.4 is 9.88 Å². The molecule has 2 rings (SSSR count). The molecule has 0 spiro atoms. The Labute approximate surface area is 162 Å². The molecule has 2 heterocycles. The maximum atomic E-state index is 12.5. The molecule has 1 N–H and O–H groups in total. The van der Waals surface area contributed by atoms with Crippen molar-refractivity contribution in [2.75, 3.05) is 26.0 Å². The van der Waals surface area contributed by atoms with E-state index in [1.807, 2.05) is 31.3 Å². The second-order valence-corrected chi connectivity index (χ2v) is 7.22. The van der Waals surface area contributed by atoms with E-state index in [-0.39, 0.29) is 30.5 Å². The van der Waals surface area contributed by atoms with Gasteiger partial charge in [-0.25, -0.2) is 4.79 Å². The highest BCUT2D eigenvalue weighted by Crippen LogP contribution is 2.34. The predicted molar refractivity (Wildman–Crippen MR) is 103 cm³/mol. The third-order valence-corrected chi connectivity index (χ3v) is 5.16. The monoisotopic (exact) mass is 390 g/mol. The molecule has 0 bridgehead atoms. The molecule has 2 aromatic heterocycles. The van der Waals surface area contributed by atoms with Gasteiger partial charge in [-0.05, 0) is 19.4 Å². The van der Waals surface area contributed by atoms with Crippen molar-refractivity contribution in [2.45, 2.75) is 27.3 Å². The Morgan fingerprint density at radius 3 is 2.52 bits per heavy atom. The van der Waals surface area contributed by atoms with Crippen LogP contribution in [0, 0.1) is 13.8 Å². The number of aryl methyl sites for hydroxylation is 1. The van der Waals surface area contributed by atoms with Crippen molar-refractivity contribution in [3.8, 4) is 0 Å². The molecule has 2 amide bonds. The molecule has 0 fully saturated rings. The summed E-state index contributed by atoms with van der Waals surface area (Å²) in [5, 5.41) is 3.10. The van der Waals surface area contributed by atoms with E-state index in [0.717, 1.165) is 17.0 Å². The van der Waals surface area contributed by atoms with E-state index >= 15 is 0 Å². The van der Waals surface area contributed by atoms with E-state index in [1.54, 1.807) is 32.5 Å². The van der Waals surface area contributed by atoms with E-state index in [0.29, 0.717) is 15.4 Å². The van der Waals surface area contributed by atoms with Gasteiger partial charge in [0.2, 0.25) is 6.54 Å². The lowest BCUT2D eigenvalue weighted by molar-refractivity contribution is -0.690. The number of thiophene rings is 1. The number of esters is 1. The first kappa shape index (κ1) is 20.6. The number of nitrogens with one attached hydrogen (secondary N) is 1. The summed E-state index contributed by atoms with van der Waals surface area (Å²) >= 11 is 1.09. The maximum absolute atomic E-state index is 12.5. The fourth-order valence-corrected chi connectivity index (χ4v) is 3.75. The smallest absolute Gasteiger partial charge is 0.341 e. The lowest BCUT2D eigenvalue weighted by Gasteiger charge is -2.09. The van der Waals surface area contributed by atoms with Gasteiger partial charge in [0.15, 0.2) is 11.9 Å². The summed E-state index contributed by atoms with van der Waals surface area (Å²) in [5.41, 5.74) is 1.68. The molecule has 0 aliphatic carbocycles. The highest BCUT2D eigenvalue weighted by Gasteiger charge is 2.27. The molecule has 2 aromatic rings. The van der Waals surface area contributed by atoms with E-state index in [4.69, 9.17) is 4.74 Å². The third-order valence-electron chi connectivity index (χ3n) is 3.96. The molecule has 0 saturated carbocycles. The van der Waals surface area contributed by atoms with Gasteiger partial charge < -0.3 is 15.0 Å². The Morgan fingerprint density at radius 2 is 1.93 bits per heavy atom. The van der Waals surface area contributed by atoms with Crippen LogP contribution in [0.4, 0.5) is 5.00 Å². The summed E-state index contributed by atoms with van der Waals surface area (Å²) in [6, 6.07) is 5.64. The van der Waals surface area contributed by atoms with Crippen molar-refractivity contribution in [1.82, 2.24) is 4.90 Å². The average molecular weight is 390 g/mol. The molecule has 27 heavy (non-hydrogen) atoms. The largest absolute Gasteiger partial charge is 0.462 e. The fraction of sp³-hybridized carbons (Fsp3) is 0.368. The lowest BCUT2D eigenvalue weighted by atomic mass is 10.1. The minimum absolute atomic E-state index is 0.100. The van der Waals surface area contributed by atoms with Crippen molar-refractivity contribution >= 4 is 34.1 Å². The van der Waals surface area contributed by atoms with Gasteiger partial charge in [0, 0.05) is 33.2 Å². The average Bonchev–Trinajstić information content (AvgIpc) is 2.92. The normalized spacial score (nSPS) is 10.4. The quantitative estimate of drug-likeness (QED) is 0.606. The predicted octanol–water partition coefficient (Wildman–Crippen LogP) is 2.17. The zero-order chi connectivity index (χ0) is 20.1. The van der Waals surface area contributed by atoms with Crippen LogP contribution in [0.5, 0.6) is 0 Å². The third kappa shape index (κ3) is 4.71. The van der Waals surface area contributed by atoms with E-state index in [1.165, 1.54) is 4.90 Å². The Kier molecular flexibility index (Phi) is 6.68. The number of hydrogen-bond donors (Lipinski definition) is 1. The first-order valence-electron chi connectivity index (χ1n) is 8.53. The van der Waals surface area contributed by atoms with Gasteiger partial charge >= 0.3 is 5.97 Å². The summed E-state index contributed by atoms with van der Waals surface area (Å²) in [5.74, 6) is -1.07. The SMILES string of the molecule is CCOC(=O)c1c(NC(=O)C[n+]2ccccc2C)sc(C(=O)N(C)C)c1C. The molecule has 144 valence electrons. The molecule has 8 heteroatoms. The first-order valence-corrected chi connectivity index (χ1v) is 9.35. The van der Waals surface area contributed by atoms with Crippen LogP contribution in [0.25, 0.3) is 0 Å². The maximum Gasteiger partial charge on any atom is 0.341 e. The molecule has 0 aliphatic heterocycles. The van der Waals surface area contributed by atoms with Gasteiger partial charge in [0.25, 0.3) is 11.8 Å². The van der Waals surface area contributed by atoms with Gasteiger partial charge in [0.1, 0.15) is 5.00 Å². The van der Waals surface area contributed by atoms with E-state index in [9.17, 15) is 14.4 Å². The highest BCUT2D eigenvalue weighted by atomic mass is 32.1. The molecule has 0 aliphatic rings. The van der Waals surface area contributed by atoms with Crippen LogP contribution >= 0.6 is 11.3 Å². The second-order valence-electron chi connectivity index (χ2n) is 6.20. The zero-order valence-corrected chi connectivity index (χ0v) is 17.0. The Balaban J connectivity index is 2.35. The number of ether oxygens (including phenoxy) is 1. The number of nitrogens with zero attached hydrogens (tertiary/aromatic N) is 2. The van der Waals surface area contributed by atoms with Crippen LogP contribution in [0.15, 0.2) is 24.4 Å². The van der Waals surface area contributed by atoms with Crippen molar-refractivity contribution in [3.63, 3.8) is 0 Å². The number of amides is 2.